The van der Waals surface area contributed by atoms with Gasteiger partial charge in [0, 0.05) is 21.2 Å². The predicted molar refractivity (Wildman–Crippen MR) is 89.6 cm³/mol. The standard InChI is InChI=1S/C17H15Cl2NO3/c1-11(20-16(21)12-5-3-2-4-6-12)17(22)23-10-13-7-8-14(18)9-15(13)19/h2-9,11H,10H2,1H3,(H,20,21). The average Bonchev–Trinajstić information content (AvgIpc) is 2.54. The fraction of sp³-hybridized carbons (Fsp3) is 0.176. The van der Waals surface area contributed by atoms with Crippen LogP contribution in [0, 0.1) is 0 Å². The van der Waals surface area contributed by atoms with Crippen molar-refractivity contribution in [3.05, 3.63) is 69.7 Å². The normalized spacial score (nSPS) is 11.6. The highest BCUT2D eigenvalue weighted by atomic mass is 35.5. The first-order chi connectivity index (χ1) is 11.0. The van der Waals surface area contributed by atoms with Crippen molar-refractivity contribution < 1.29 is 14.3 Å². The fourth-order valence-corrected chi connectivity index (χ4v) is 2.30. The number of nitrogens with one attached hydrogen (secondary N) is 1. The molecule has 1 N–H and O–H groups in total. The number of amides is 1. The highest BCUT2D eigenvalue weighted by Crippen LogP contribution is 2.21. The van der Waals surface area contributed by atoms with Gasteiger partial charge in [0.05, 0.1) is 0 Å². The van der Waals surface area contributed by atoms with Crippen LogP contribution in [0.15, 0.2) is 48.5 Å². The lowest BCUT2D eigenvalue weighted by molar-refractivity contribution is -0.146. The SMILES string of the molecule is CC(NC(=O)c1ccccc1)C(=O)OCc1ccc(Cl)cc1Cl. The van der Waals surface area contributed by atoms with Crippen molar-refractivity contribution >= 4 is 35.1 Å². The number of carbonyl (C=O) groups is 2. The van der Waals surface area contributed by atoms with Gasteiger partial charge in [-0.1, -0.05) is 47.5 Å². The lowest BCUT2D eigenvalue weighted by Crippen LogP contribution is -2.39. The number of esters is 1. The zero-order chi connectivity index (χ0) is 16.8. The van der Waals surface area contributed by atoms with Crippen LogP contribution in [0.1, 0.15) is 22.8 Å². The molecule has 0 saturated carbocycles. The minimum absolute atomic E-state index is 0.0143. The zero-order valence-corrected chi connectivity index (χ0v) is 13.9. The molecule has 0 aliphatic carbocycles. The Kier molecular flexibility index (Phi) is 6.02. The highest BCUT2D eigenvalue weighted by molar-refractivity contribution is 6.35. The van der Waals surface area contributed by atoms with Gasteiger partial charge in [-0.15, -0.1) is 0 Å². The van der Waals surface area contributed by atoms with E-state index in [1.54, 1.807) is 49.4 Å². The summed E-state index contributed by atoms with van der Waals surface area (Å²) in [4.78, 5) is 23.9. The minimum atomic E-state index is -0.770. The largest absolute Gasteiger partial charge is 0.459 e. The van der Waals surface area contributed by atoms with Gasteiger partial charge in [0.2, 0.25) is 0 Å². The Morgan fingerprint density at radius 2 is 1.83 bits per heavy atom. The molecule has 0 fully saturated rings. The van der Waals surface area contributed by atoms with Crippen LogP contribution < -0.4 is 5.32 Å². The van der Waals surface area contributed by atoms with E-state index in [0.717, 1.165) is 0 Å². The smallest absolute Gasteiger partial charge is 0.328 e. The molecular formula is C17H15Cl2NO3. The van der Waals surface area contributed by atoms with Gasteiger partial charge in [-0.3, -0.25) is 4.79 Å². The lowest BCUT2D eigenvalue weighted by atomic mass is 10.2. The molecule has 23 heavy (non-hydrogen) atoms. The second-order valence-corrected chi connectivity index (χ2v) is 5.75. The van der Waals surface area contributed by atoms with Crippen LogP contribution >= 0.6 is 23.2 Å². The maximum Gasteiger partial charge on any atom is 0.328 e. The maximum atomic E-state index is 12.0. The first kappa shape index (κ1) is 17.3. The van der Waals surface area contributed by atoms with Crippen molar-refractivity contribution in [2.75, 3.05) is 0 Å². The van der Waals surface area contributed by atoms with Gasteiger partial charge in [0.15, 0.2) is 0 Å². The fourth-order valence-electron chi connectivity index (χ4n) is 1.84. The number of hydrogen-bond donors (Lipinski definition) is 1. The Morgan fingerprint density at radius 1 is 1.13 bits per heavy atom. The van der Waals surface area contributed by atoms with E-state index in [-0.39, 0.29) is 12.5 Å². The van der Waals surface area contributed by atoms with Crippen LogP contribution in [0.2, 0.25) is 10.0 Å². The van der Waals surface area contributed by atoms with Gasteiger partial charge in [-0.25, -0.2) is 4.79 Å². The molecule has 0 aliphatic heterocycles. The van der Waals surface area contributed by atoms with Crippen LogP contribution in [-0.2, 0) is 16.1 Å². The summed E-state index contributed by atoms with van der Waals surface area (Å²) in [6, 6.07) is 12.8. The molecule has 120 valence electrons. The zero-order valence-electron chi connectivity index (χ0n) is 12.4. The summed E-state index contributed by atoms with van der Waals surface area (Å²) in [5, 5.41) is 3.52. The first-order valence-electron chi connectivity index (χ1n) is 6.94. The van der Waals surface area contributed by atoms with E-state index in [1.807, 2.05) is 6.07 Å². The molecule has 6 heteroatoms. The molecule has 0 heterocycles. The number of benzene rings is 2. The molecule has 0 aromatic heterocycles. The molecular weight excluding hydrogens is 337 g/mol. The summed E-state index contributed by atoms with van der Waals surface area (Å²) in [6.07, 6.45) is 0. The van der Waals surface area contributed by atoms with Gasteiger partial charge in [0.1, 0.15) is 12.6 Å². The Hall–Kier alpha value is -2.04. The van der Waals surface area contributed by atoms with Crippen molar-refractivity contribution in [2.45, 2.75) is 19.6 Å². The van der Waals surface area contributed by atoms with Crippen LogP contribution in [0.25, 0.3) is 0 Å². The van der Waals surface area contributed by atoms with Crippen molar-refractivity contribution in [3.8, 4) is 0 Å². The van der Waals surface area contributed by atoms with E-state index >= 15 is 0 Å². The topological polar surface area (TPSA) is 55.4 Å². The average molecular weight is 352 g/mol. The quantitative estimate of drug-likeness (QED) is 0.832. The predicted octanol–water partition coefficient (Wildman–Crippen LogP) is 3.86. The molecule has 0 saturated heterocycles. The molecule has 2 aromatic carbocycles. The molecule has 2 rings (SSSR count). The monoisotopic (exact) mass is 351 g/mol. The van der Waals surface area contributed by atoms with Crippen molar-refractivity contribution in [1.29, 1.82) is 0 Å². The van der Waals surface area contributed by atoms with Crippen LogP contribution in [0.5, 0.6) is 0 Å². The molecule has 1 amide bonds. The second-order valence-electron chi connectivity index (χ2n) is 4.90. The van der Waals surface area contributed by atoms with Crippen LogP contribution in [0.4, 0.5) is 0 Å². The van der Waals surface area contributed by atoms with E-state index in [9.17, 15) is 9.59 Å². The Bertz CT molecular complexity index is 704. The van der Waals surface area contributed by atoms with Crippen LogP contribution in [0.3, 0.4) is 0 Å². The molecule has 0 aliphatic rings. The Morgan fingerprint density at radius 3 is 2.48 bits per heavy atom. The van der Waals surface area contributed by atoms with Crippen molar-refractivity contribution in [1.82, 2.24) is 5.32 Å². The van der Waals surface area contributed by atoms with Gasteiger partial charge in [-0.2, -0.15) is 0 Å². The molecule has 4 nitrogen and oxygen atoms in total. The molecule has 0 bridgehead atoms. The maximum absolute atomic E-state index is 12.0. The van der Waals surface area contributed by atoms with E-state index in [4.69, 9.17) is 27.9 Å². The number of ether oxygens (including phenoxy) is 1. The summed E-state index contributed by atoms with van der Waals surface area (Å²) >= 11 is 11.8. The summed E-state index contributed by atoms with van der Waals surface area (Å²) in [5.41, 5.74) is 1.12. The molecule has 0 radical (unpaired) electrons. The van der Waals surface area contributed by atoms with Gasteiger partial charge in [-0.05, 0) is 31.2 Å². The Labute approximate surface area is 144 Å². The molecule has 1 atom stereocenters. The van der Waals surface area contributed by atoms with E-state index in [2.05, 4.69) is 5.32 Å². The van der Waals surface area contributed by atoms with Gasteiger partial charge in [0.25, 0.3) is 5.91 Å². The molecule has 1 unspecified atom stereocenters. The molecule has 2 aromatic rings. The minimum Gasteiger partial charge on any atom is -0.459 e. The second kappa shape index (κ2) is 7.99. The summed E-state index contributed by atoms with van der Waals surface area (Å²) in [5.74, 6) is -0.875. The number of halogens is 2. The lowest BCUT2D eigenvalue weighted by Gasteiger charge is -2.14. The van der Waals surface area contributed by atoms with Crippen LogP contribution in [-0.4, -0.2) is 17.9 Å². The number of carbonyl (C=O) groups excluding carboxylic acids is 2. The molecule has 0 spiro atoms. The van der Waals surface area contributed by atoms with E-state index in [0.29, 0.717) is 21.2 Å². The third-order valence-corrected chi connectivity index (χ3v) is 3.71. The first-order valence-corrected chi connectivity index (χ1v) is 7.69. The van der Waals surface area contributed by atoms with Gasteiger partial charge >= 0.3 is 5.97 Å². The number of rotatable bonds is 5. The summed E-state index contributed by atoms with van der Waals surface area (Å²) < 4.78 is 5.17. The van der Waals surface area contributed by atoms with Crippen molar-refractivity contribution in [2.24, 2.45) is 0 Å². The summed E-state index contributed by atoms with van der Waals surface area (Å²) in [6.45, 7) is 1.58. The van der Waals surface area contributed by atoms with E-state index < -0.39 is 12.0 Å². The third-order valence-electron chi connectivity index (χ3n) is 3.12. The highest BCUT2D eigenvalue weighted by Gasteiger charge is 2.18. The van der Waals surface area contributed by atoms with Crippen molar-refractivity contribution in [3.63, 3.8) is 0 Å². The van der Waals surface area contributed by atoms with Gasteiger partial charge < -0.3 is 10.1 Å². The number of hydrogen-bond acceptors (Lipinski definition) is 3. The Balaban J connectivity index is 1.89. The summed E-state index contributed by atoms with van der Waals surface area (Å²) in [7, 11) is 0. The van der Waals surface area contributed by atoms with E-state index in [1.165, 1.54) is 0 Å². The third kappa shape index (κ3) is 4.98.